The lowest BCUT2D eigenvalue weighted by atomic mass is 9.94. The van der Waals surface area contributed by atoms with Gasteiger partial charge in [0.15, 0.2) is 0 Å². The van der Waals surface area contributed by atoms with Gasteiger partial charge in [-0.2, -0.15) is 0 Å². The zero-order chi connectivity index (χ0) is 33.6. The molecule has 0 saturated heterocycles. The summed E-state index contributed by atoms with van der Waals surface area (Å²) in [5.74, 6) is -1.31. The van der Waals surface area contributed by atoms with E-state index < -0.39 is 0 Å². The molecule has 246 valence electrons. The average molecular weight is 649 g/mol. The molecular weight excluding hydrogens is 612 g/mol. The van der Waals surface area contributed by atoms with Crippen molar-refractivity contribution in [3.63, 3.8) is 0 Å². The fraction of sp³-hybridized carbons (Fsp3) is 0.278. The van der Waals surface area contributed by atoms with Crippen LogP contribution in [0.2, 0.25) is 0 Å². The third-order valence-corrected chi connectivity index (χ3v) is 8.57. The fourth-order valence-electron chi connectivity index (χ4n) is 6.22. The zero-order valence-electron chi connectivity index (χ0n) is 26.3. The number of nitrogens with zero attached hydrogens (tertiary/aromatic N) is 2. The third-order valence-electron chi connectivity index (χ3n) is 8.57. The number of unbranched alkanes of at least 4 members (excludes halogenated alkanes) is 1. The van der Waals surface area contributed by atoms with Gasteiger partial charge >= 0.3 is 12.1 Å². The Balaban J connectivity index is 0.811. The SMILES string of the molecule is O=C(NCCCCNC(=O)NCCCN1C(=O)c2cccc3cccc(c23)C1=O)NCCCN1C(=O)c2cccc3cccc(c23)C1=O. The largest absolute Gasteiger partial charge is 0.338 e. The van der Waals surface area contributed by atoms with Crippen molar-refractivity contribution < 1.29 is 28.8 Å². The monoisotopic (exact) mass is 648 g/mol. The molecule has 2 aliphatic heterocycles. The van der Waals surface area contributed by atoms with Crippen LogP contribution in [0.3, 0.4) is 0 Å². The summed E-state index contributed by atoms with van der Waals surface area (Å²) >= 11 is 0. The standard InChI is InChI=1S/C36H36N6O6/c43-31-25-13-3-9-23-10-4-14-26(29(23)25)32(44)41(31)21-7-19-39-35(47)37-17-1-2-18-38-36(48)40-20-8-22-42-33(45)27-15-5-11-24-12-6-16-28(30(24)27)34(42)46/h3-6,9-16H,1-2,7-8,17-22H2,(H2,37,39,47)(H2,38,40,48). The molecule has 4 N–H and O–H groups in total. The molecule has 0 fully saturated rings. The average Bonchev–Trinajstić information content (AvgIpc) is 3.10. The predicted octanol–water partition coefficient (Wildman–Crippen LogP) is 4.04. The van der Waals surface area contributed by atoms with Crippen LogP contribution in [-0.4, -0.2) is 84.8 Å². The molecule has 0 atom stereocenters. The molecule has 2 aliphatic rings. The summed E-state index contributed by atoms with van der Waals surface area (Å²) in [4.78, 5) is 78.7. The van der Waals surface area contributed by atoms with Crippen LogP contribution in [0.15, 0.2) is 72.8 Å². The number of amides is 8. The third kappa shape index (κ3) is 6.55. The van der Waals surface area contributed by atoms with Crippen LogP contribution >= 0.6 is 0 Å². The Labute approximate surface area is 276 Å². The molecule has 0 aliphatic carbocycles. The number of urea groups is 2. The van der Waals surface area contributed by atoms with Crippen molar-refractivity contribution >= 4 is 57.2 Å². The van der Waals surface area contributed by atoms with Crippen LogP contribution in [0, 0.1) is 0 Å². The Morgan fingerprint density at radius 3 is 1.04 bits per heavy atom. The second-order valence-corrected chi connectivity index (χ2v) is 11.7. The summed E-state index contributed by atoms with van der Waals surface area (Å²) in [6.45, 7) is 1.79. The number of hydrogen-bond acceptors (Lipinski definition) is 6. The number of hydrogen-bond donors (Lipinski definition) is 4. The molecule has 0 unspecified atom stereocenters. The topological polar surface area (TPSA) is 157 Å². The smallest absolute Gasteiger partial charge is 0.314 e. The van der Waals surface area contributed by atoms with Gasteiger partial charge in [0.1, 0.15) is 0 Å². The Bertz CT molecular complexity index is 1700. The lowest BCUT2D eigenvalue weighted by molar-refractivity contribution is 0.0593. The summed E-state index contributed by atoms with van der Waals surface area (Å²) in [6.07, 6.45) is 2.11. The van der Waals surface area contributed by atoms with Crippen molar-refractivity contribution in [2.45, 2.75) is 25.7 Å². The highest BCUT2D eigenvalue weighted by molar-refractivity contribution is 6.26. The van der Waals surface area contributed by atoms with Gasteiger partial charge in [-0.3, -0.25) is 29.0 Å². The van der Waals surface area contributed by atoms with Crippen LogP contribution < -0.4 is 21.3 Å². The van der Waals surface area contributed by atoms with Gasteiger partial charge in [0.05, 0.1) is 0 Å². The molecule has 0 aromatic heterocycles. The molecule has 8 amide bonds. The summed E-state index contributed by atoms with van der Waals surface area (Å²) in [5.41, 5.74) is 2.03. The van der Waals surface area contributed by atoms with E-state index >= 15 is 0 Å². The quantitative estimate of drug-likeness (QED) is 0.127. The van der Waals surface area contributed by atoms with E-state index in [-0.39, 0.29) is 48.8 Å². The number of carbonyl (C=O) groups excluding carboxylic acids is 6. The van der Waals surface area contributed by atoms with E-state index in [0.717, 1.165) is 10.8 Å². The minimum atomic E-state index is -0.349. The summed E-state index contributed by atoms with van der Waals surface area (Å²) in [5, 5.41) is 14.1. The first kappa shape index (κ1) is 32.2. The second kappa shape index (κ2) is 14.3. The highest BCUT2D eigenvalue weighted by atomic mass is 16.2. The first-order valence-electron chi connectivity index (χ1n) is 16.1. The van der Waals surface area contributed by atoms with Crippen molar-refractivity contribution in [2.75, 3.05) is 39.3 Å². The van der Waals surface area contributed by atoms with Gasteiger partial charge in [0, 0.05) is 72.3 Å². The highest BCUT2D eigenvalue weighted by Crippen LogP contribution is 2.31. The van der Waals surface area contributed by atoms with Crippen LogP contribution in [0.25, 0.3) is 21.5 Å². The molecule has 0 saturated carbocycles. The normalized spacial score (nSPS) is 13.7. The van der Waals surface area contributed by atoms with E-state index in [4.69, 9.17) is 0 Å². The van der Waals surface area contributed by atoms with Gasteiger partial charge in [-0.05, 0) is 60.7 Å². The Kier molecular flexibility index (Phi) is 9.60. The number of carbonyl (C=O) groups is 6. The molecule has 6 rings (SSSR count). The van der Waals surface area contributed by atoms with Crippen molar-refractivity contribution in [1.29, 1.82) is 0 Å². The molecule has 0 radical (unpaired) electrons. The Morgan fingerprint density at radius 2 is 0.729 bits per heavy atom. The van der Waals surface area contributed by atoms with Crippen molar-refractivity contribution in [3.8, 4) is 0 Å². The van der Waals surface area contributed by atoms with Crippen LogP contribution in [0.1, 0.15) is 67.1 Å². The maximum atomic E-state index is 13.0. The molecule has 0 spiro atoms. The van der Waals surface area contributed by atoms with Gasteiger partial charge in [-0.25, -0.2) is 9.59 Å². The Morgan fingerprint density at radius 1 is 0.438 bits per heavy atom. The summed E-state index contributed by atoms with van der Waals surface area (Å²) in [6, 6.07) is 20.9. The molecule has 12 heteroatoms. The van der Waals surface area contributed by atoms with Crippen molar-refractivity contribution in [1.82, 2.24) is 31.1 Å². The van der Waals surface area contributed by atoms with Gasteiger partial charge < -0.3 is 21.3 Å². The van der Waals surface area contributed by atoms with Gasteiger partial charge in [0.25, 0.3) is 23.6 Å². The molecule has 2 heterocycles. The molecule has 0 bridgehead atoms. The molecule has 4 aromatic carbocycles. The van der Waals surface area contributed by atoms with E-state index in [1.54, 1.807) is 48.5 Å². The van der Waals surface area contributed by atoms with E-state index in [2.05, 4.69) is 21.3 Å². The van der Waals surface area contributed by atoms with Gasteiger partial charge in [-0.1, -0.05) is 48.5 Å². The van der Waals surface area contributed by atoms with Gasteiger partial charge in [-0.15, -0.1) is 0 Å². The summed E-state index contributed by atoms with van der Waals surface area (Å²) in [7, 11) is 0. The minimum Gasteiger partial charge on any atom is -0.338 e. The van der Waals surface area contributed by atoms with Crippen LogP contribution in [-0.2, 0) is 0 Å². The van der Waals surface area contributed by atoms with Crippen molar-refractivity contribution in [2.24, 2.45) is 0 Å². The van der Waals surface area contributed by atoms with E-state index in [1.807, 2.05) is 24.3 Å². The first-order chi connectivity index (χ1) is 23.3. The molecule has 4 aromatic rings. The predicted molar refractivity (Wildman–Crippen MR) is 180 cm³/mol. The fourth-order valence-corrected chi connectivity index (χ4v) is 6.22. The summed E-state index contributed by atoms with van der Waals surface area (Å²) < 4.78 is 0. The number of benzene rings is 4. The lowest BCUT2D eigenvalue weighted by Gasteiger charge is -2.27. The number of imide groups is 2. The lowest BCUT2D eigenvalue weighted by Crippen LogP contribution is -2.43. The molecule has 48 heavy (non-hydrogen) atoms. The first-order valence-corrected chi connectivity index (χ1v) is 16.1. The molecular formula is C36H36N6O6. The van der Waals surface area contributed by atoms with Crippen LogP contribution in [0.5, 0.6) is 0 Å². The maximum absolute atomic E-state index is 13.0. The van der Waals surface area contributed by atoms with Gasteiger partial charge in [0.2, 0.25) is 0 Å². The van der Waals surface area contributed by atoms with E-state index in [9.17, 15) is 28.8 Å². The van der Waals surface area contributed by atoms with Crippen molar-refractivity contribution in [3.05, 3.63) is 95.1 Å². The number of rotatable bonds is 13. The zero-order valence-corrected chi connectivity index (χ0v) is 26.3. The maximum Gasteiger partial charge on any atom is 0.314 e. The second-order valence-electron chi connectivity index (χ2n) is 11.7. The molecule has 12 nitrogen and oxygen atoms in total. The number of nitrogens with one attached hydrogen (secondary N) is 4. The Hall–Kier alpha value is -5.78. The van der Waals surface area contributed by atoms with E-state index in [0.29, 0.717) is 84.9 Å². The van der Waals surface area contributed by atoms with E-state index in [1.165, 1.54) is 9.80 Å². The van der Waals surface area contributed by atoms with Crippen LogP contribution in [0.4, 0.5) is 9.59 Å². The minimum absolute atomic E-state index is 0.191. The highest BCUT2D eigenvalue weighted by Gasteiger charge is 2.33.